The van der Waals surface area contributed by atoms with Crippen molar-refractivity contribution in [3.63, 3.8) is 0 Å². The minimum Gasteiger partial charge on any atom is -0.0648 e. The van der Waals surface area contributed by atoms with Gasteiger partial charge in [0.2, 0.25) is 0 Å². The predicted molar refractivity (Wildman–Crippen MR) is 163 cm³/mol. The van der Waals surface area contributed by atoms with E-state index in [1.165, 1.54) is 81.0 Å². The van der Waals surface area contributed by atoms with Crippen LogP contribution in [0.4, 0.5) is 0 Å². The van der Waals surface area contributed by atoms with Crippen molar-refractivity contribution < 1.29 is 0 Å². The molecular formula is C38H36. The summed E-state index contributed by atoms with van der Waals surface area (Å²) in [6, 6.07) is 34.4. The van der Waals surface area contributed by atoms with Crippen LogP contribution in [0.1, 0.15) is 73.8 Å². The van der Waals surface area contributed by atoms with Crippen molar-refractivity contribution in [1.29, 1.82) is 0 Å². The van der Waals surface area contributed by atoms with Gasteiger partial charge in [-0.1, -0.05) is 111 Å². The lowest BCUT2D eigenvalue weighted by molar-refractivity contribution is 0.541. The van der Waals surface area contributed by atoms with E-state index in [1.807, 2.05) is 0 Å². The standard InChI is InChI=1S/C38H36/c1-5-25-14-11-17-32-36(25)33(23-35-37(32)31-19-18-24(2)22-34(31)38(35,3)4)30-21-20-27(26-12-7-6-8-13-26)28-15-9-10-16-29(28)30/h6-10,12-13,15-16,18-23,25H,5,11,14,17H2,1-4H3/t25-/m0/s1. The second kappa shape index (κ2) is 8.70. The molecule has 5 aromatic carbocycles. The third-order valence-electron chi connectivity index (χ3n) is 9.45. The Hall–Kier alpha value is -3.64. The van der Waals surface area contributed by atoms with Crippen LogP contribution in [-0.2, 0) is 11.8 Å². The molecule has 188 valence electrons. The molecule has 0 amide bonds. The van der Waals surface area contributed by atoms with Crippen LogP contribution in [-0.4, -0.2) is 0 Å². The highest BCUT2D eigenvalue weighted by Crippen LogP contribution is 2.56. The summed E-state index contributed by atoms with van der Waals surface area (Å²) >= 11 is 0. The zero-order valence-corrected chi connectivity index (χ0v) is 23.1. The van der Waals surface area contributed by atoms with Crippen molar-refractivity contribution in [2.24, 2.45) is 0 Å². The van der Waals surface area contributed by atoms with Crippen LogP contribution in [0.5, 0.6) is 0 Å². The van der Waals surface area contributed by atoms with Crippen LogP contribution < -0.4 is 0 Å². The monoisotopic (exact) mass is 492 g/mol. The molecule has 0 saturated heterocycles. The molecule has 0 nitrogen and oxygen atoms in total. The fourth-order valence-electron chi connectivity index (χ4n) is 7.52. The lowest BCUT2D eigenvalue weighted by Crippen LogP contribution is -2.18. The Morgan fingerprint density at radius 2 is 1.39 bits per heavy atom. The molecule has 0 aliphatic heterocycles. The average molecular weight is 493 g/mol. The van der Waals surface area contributed by atoms with Crippen LogP contribution in [0.15, 0.2) is 91.0 Å². The molecule has 0 fully saturated rings. The molecule has 0 unspecified atom stereocenters. The van der Waals surface area contributed by atoms with E-state index in [-0.39, 0.29) is 5.41 Å². The largest absolute Gasteiger partial charge is 0.0648 e. The Morgan fingerprint density at radius 3 is 2.16 bits per heavy atom. The normalized spacial score (nSPS) is 17.2. The number of rotatable bonds is 3. The van der Waals surface area contributed by atoms with E-state index in [1.54, 1.807) is 16.7 Å². The van der Waals surface area contributed by atoms with Crippen molar-refractivity contribution >= 4 is 10.8 Å². The molecule has 7 rings (SSSR count). The van der Waals surface area contributed by atoms with Crippen LogP contribution in [0.2, 0.25) is 0 Å². The van der Waals surface area contributed by atoms with E-state index in [2.05, 4.69) is 119 Å². The fourth-order valence-corrected chi connectivity index (χ4v) is 7.52. The smallest absolute Gasteiger partial charge is 0.0159 e. The van der Waals surface area contributed by atoms with Crippen molar-refractivity contribution in [1.82, 2.24) is 0 Å². The molecule has 0 N–H and O–H groups in total. The molecule has 38 heavy (non-hydrogen) atoms. The Labute approximate surface area is 227 Å². The van der Waals surface area contributed by atoms with Gasteiger partial charge < -0.3 is 0 Å². The molecule has 1 atom stereocenters. The van der Waals surface area contributed by atoms with Crippen molar-refractivity contribution in [2.45, 2.75) is 64.7 Å². The molecule has 0 spiro atoms. The topological polar surface area (TPSA) is 0 Å². The Bertz CT molecular complexity index is 1700. The highest BCUT2D eigenvalue weighted by molar-refractivity contribution is 6.06. The summed E-state index contributed by atoms with van der Waals surface area (Å²) in [6.07, 6.45) is 4.96. The van der Waals surface area contributed by atoms with Gasteiger partial charge in [0.1, 0.15) is 0 Å². The van der Waals surface area contributed by atoms with Gasteiger partial charge in [-0.15, -0.1) is 0 Å². The molecule has 0 aromatic heterocycles. The maximum atomic E-state index is 2.60. The lowest BCUT2D eigenvalue weighted by atomic mass is 9.72. The number of hydrogen-bond acceptors (Lipinski definition) is 0. The van der Waals surface area contributed by atoms with Gasteiger partial charge in [-0.2, -0.15) is 0 Å². The molecule has 0 bridgehead atoms. The lowest BCUT2D eigenvalue weighted by Gasteiger charge is -2.32. The van der Waals surface area contributed by atoms with Gasteiger partial charge in [0.05, 0.1) is 0 Å². The van der Waals surface area contributed by atoms with E-state index >= 15 is 0 Å². The fraction of sp³-hybridized carbons (Fsp3) is 0.263. The van der Waals surface area contributed by atoms with E-state index in [0.717, 1.165) is 0 Å². The highest BCUT2D eigenvalue weighted by atomic mass is 14.4. The Morgan fingerprint density at radius 1 is 0.711 bits per heavy atom. The predicted octanol–water partition coefficient (Wildman–Crippen LogP) is 10.6. The third kappa shape index (κ3) is 3.36. The SMILES string of the molecule is CC[C@H]1CCCc2c3c(cc(-c4ccc(-c5ccccc5)c5ccccc45)c21)C(C)(C)c1cc(C)ccc1-3. The maximum Gasteiger partial charge on any atom is 0.0159 e. The summed E-state index contributed by atoms with van der Waals surface area (Å²) in [4.78, 5) is 0. The van der Waals surface area contributed by atoms with Crippen molar-refractivity contribution in [3.05, 3.63) is 119 Å². The van der Waals surface area contributed by atoms with Gasteiger partial charge in [-0.3, -0.25) is 0 Å². The first-order chi connectivity index (χ1) is 18.5. The second-order valence-corrected chi connectivity index (χ2v) is 12.0. The van der Waals surface area contributed by atoms with Crippen molar-refractivity contribution in [3.8, 4) is 33.4 Å². The average Bonchev–Trinajstić information content (AvgIpc) is 3.18. The Kier molecular flexibility index (Phi) is 5.38. The maximum absolute atomic E-state index is 2.60. The number of fused-ring (bicyclic) bond motifs is 6. The van der Waals surface area contributed by atoms with E-state index in [4.69, 9.17) is 0 Å². The quantitative estimate of drug-likeness (QED) is 0.235. The first-order valence-corrected chi connectivity index (χ1v) is 14.4. The Balaban J connectivity index is 1.56. The molecule has 2 aliphatic rings. The number of benzene rings is 5. The van der Waals surface area contributed by atoms with Gasteiger partial charge in [0.15, 0.2) is 0 Å². The molecule has 2 aliphatic carbocycles. The summed E-state index contributed by atoms with van der Waals surface area (Å²) in [7, 11) is 0. The summed E-state index contributed by atoms with van der Waals surface area (Å²) in [5, 5.41) is 2.70. The summed E-state index contributed by atoms with van der Waals surface area (Å²) in [5.74, 6) is 0.615. The zero-order chi connectivity index (χ0) is 26.0. The van der Waals surface area contributed by atoms with Crippen LogP contribution in [0, 0.1) is 6.92 Å². The third-order valence-corrected chi connectivity index (χ3v) is 9.45. The van der Waals surface area contributed by atoms with Gasteiger partial charge >= 0.3 is 0 Å². The molecule has 0 saturated carbocycles. The minimum atomic E-state index is -0.000587. The zero-order valence-electron chi connectivity index (χ0n) is 23.1. The first-order valence-electron chi connectivity index (χ1n) is 14.4. The number of aryl methyl sites for hydroxylation is 1. The minimum absolute atomic E-state index is 0.000587. The first kappa shape index (κ1) is 23.5. The van der Waals surface area contributed by atoms with Gasteiger partial charge in [-0.25, -0.2) is 0 Å². The van der Waals surface area contributed by atoms with E-state index < -0.39 is 0 Å². The summed E-state index contributed by atoms with van der Waals surface area (Å²) in [6.45, 7) is 9.48. The van der Waals surface area contributed by atoms with Crippen LogP contribution >= 0.6 is 0 Å². The van der Waals surface area contributed by atoms with Crippen LogP contribution in [0.25, 0.3) is 44.2 Å². The molecule has 5 aromatic rings. The number of hydrogen-bond donors (Lipinski definition) is 0. The molecule has 0 radical (unpaired) electrons. The van der Waals surface area contributed by atoms with Gasteiger partial charge in [0.25, 0.3) is 0 Å². The van der Waals surface area contributed by atoms with E-state index in [9.17, 15) is 0 Å². The summed E-state index contributed by atoms with van der Waals surface area (Å²) in [5.41, 5.74) is 16.1. The van der Waals surface area contributed by atoms with Crippen molar-refractivity contribution in [2.75, 3.05) is 0 Å². The molecule has 0 heteroatoms. The van der Waals surface area contributed by atoms with Gasteiger partial charge in [0, 0.05) is 5.41 Å². The second-order valence-electron chi connectivity index (χ2n) is 12.0. The molecule has 0 heterocycles. The van der Waals surface area contributed by atoms with Crippen LogP contribution in [0.3, 0.4) is 0 Å². The van der Waals surface area contributed by atoms with Gasteiger partial charge in [-0.05, 0) is 111 Å². The highest BCUT2D eigenvalue weighted by Gasteiger charge is 2.40. The molecular weight excluding hydrogens is 456 g/mol. The van der Waals surface area contributed by atoms with E-state index in [0.29, 0.717) is 5.92 Å². The summed E-state index contributed by atoms with van der Waals surface area (Å²) < 4.78 is 0.